The van der Waals surface area contributed by atoms with Crippen LogP contribution in [0.15, 0.2) is 42.6 Å². The summed E-state index contributed by atoms with van der Waals surface area (Å²) in [6, 6.07) is 12.0. The summed E-state index contributed by atoms with van der Waals surface area (Å²) < 4.78 is 0. The van der Waals surface area contributed by atoms with Gasteiger partial charge in [-0.05, 0) is 36.5 Å². The Bertz CT molecular complexity index is 639. The van der Waals surface area contributed by atoms with E-state index in [1.54, 1.807) is 6.20 Å². The fraction of sp³-hybridized carbons (Fsp3) is 0.250. The fourth-order valence-electron chi connectivity index (χ4n) is 2.49. The van der Waals surface area contributed by atoms with Crippen LogP contribution in [-0.2, 0) is 4.79 Å². The summed E-state index contributed by atoms with van der Waals surface area (Å²) in [5, 5.41) is 2.89. The predicted molar refractivity (Wildman–Crippen MR) is 79.3 cm³/mol. The van der Waals surface area contributed by atoms with Crippen molar-refractivity contribution in [3.05, 3.63) is 53.7 Å². The van der Waals surface area contributed by atoms with Gasteiger partial charge in [0.25, 0.3) is 0 Å². The van der Waals surface area contributed by atoms with Gasteiger partial charge in [0.2, 0.25) is 5.91 Å². The molecule has 1 aliphatic carbocycles. The van der Waals surface area contributed by atoms with Gasteiger partial charge in [-0.15, -0.1) is 0 Å². The monoisotopic (exact) mass is 267 g/mol. The van der Waals surface area contributed by atoms with Crippen molar-refractivity contribution in [2.45, 2.75) is 19.3 Å². The molecule has 2 unspecified atom stereocenters. The van der Waals surface area contributed by atoms with Crippen molar-refractivity contribution in [2.75, 3.05) is 11.1 Å². The summed E-state index contributed by atoms with van der Waals surface area (Å²) in [6.45, 7) is 1.89. The second-order valence-electron chi connectivity index (χ2n) is 5.28. The minimum absolute atomic E-state index is 0.0409. The Hall–Kier alpha value is -2.36. The lowest BCUT2D eigenvalue weighted by atomic mass is 10.1. The maximum Gasteiger partial charge on any atom is 0.229 e. The van der Waals surface area contributed by atoms with E-state index in [-0.39, 0.29) is 11.8 Å². The van der Waals surface area contributed by atoms with E-state index in [1.807, 2.05) is 31.2 Å². The van der Waals surface area contributed by atoms with Gasteiger partial charge in [0.15, 0.2) is 0 Å². The third-order valence-corrected chi connectivity index (χ3v) is 3.70. The number of aromatic nitrogens is 1. The average Bonchev–Trinajstić information content (AvgIpc) is 3.23. The Kier molecular flexibility index (Phi) is 3.14. The minimum atomic E-state index is 0.0409. The highest BCUT2D eigenvalue weighted by atomic mass is 16.2. The van der Waals surface area contributed by atoms with Crippen LogP contribution in [-0.4, -0.2) is 10.9 Å². The normalized spacial score (nSPS) is 20.4. The van der Waals surface area contributed by atoms with Gasteiger partial charge in [0.1, 0.15) is 5.82 Å². The highest BCUT2D eigenvalue weighted by Crippen LogP contribution is 2.47. The summed E-state index contributed by atoms with van der Waals surface area (Å²) in [4.78, 5) is 16.4. The van der Waals surface area contributed by atoms with E-state index in [0.717, 1.165) is 12.0 Å². The quantitative estimate of drug-likeness (QED) is 0.898. The largest absolute Gasteiger partial charge is 0.397 e. The Morgan fingerprint density at radius 3 is 2.80 bits per heavy atom. The van der Waals surface area contributed by atoms with Crippen LogP contribution in [0.5, 0.6) is 0 Å². The molecule has 1 aliphatic rings. The van der Waals surface area contributed by atoms with Crippen molar-refractivity contribution >= 4 is 17.4 Å². The van der Waals surface area contributed by atoms with Gasteiger partial charge in [-0.3, -0.25) is 4.79 Å². The number of nitrogens with two attached hydrogens (primary N) is 1. The second kappa shape index (κ2) is 4.96. The van der Waals surface area contributed by atoms with Crippen LogP contribution in [0.1, 0.15) is 23.5 Å². The second-order valence-corrected chi connectivity index (χ2v) is 5.28. The molecule has 102 valence electrons. The van der Waals surface area contributed by atoms with E-state index >= 15 is 0 Å². The predicted octanol–water partition coefficient (Wildman–Crippen LogP) is 2.71. The van der Waals surface area contributed by atoms with Crippen LogP contribution in [0.3, 0.4) is 0 Å². The number of rotatable bonds is 3. The van der Waals surface area contributed by atoms with Crippen molar-refractivity contribution in [2.24, 2.45) is 5.92 Å². The molecule has 4 heteroatoms. The number of hydrogen-bond acceptors (Lipinski definition) is 3. The standard InChI is InChI=1S/C16H17N3O/c1-10-7-12(17)9-18-15(10)19-16(20)14-8-13(14)11-5-3-2-4-6-11/h2-7,9,13-14H,8,17H2,1H3,(H,18,19,20). The van der Waals surface area contributed by atoms with Crippen LogP contribution >= 0.6 is 0 Å². The number of aryl methyl sites for hydroxylation is 1. The molecule has 1 aromatic carbocycles. The zero-order valence-electron chi connectivity index (χ0n) is 11.3. The number of pyridine rings is 1. The molecule has 0 aliphatic heterocycles. The minimum Gasteiger partial charge on any atom is -0.397 e. The molecule has 20 heavy (non-hydrogen) atoms. The third-order valence-electron chi connectivity index (χ3n) is 3.70. The van der Waals surface area contributed by atoms with Crippen molar-refractivity contribution < 1.29 is 4.79 Å². The van der Waals surface area contributed by atoms with Crippen LogP contribution in [0.2, 0.25) is 0 Å². The summed E-state index contributed by atoms with van der Waals surface area (Å²) in [5.74, 6) is 1.03. The van der Waals surface area contributed by atoms with Gasteiger partial charge < -0.3 is 11.1 Å². The molecule has 1 fully saturated rings. The van der Waals surface area contributed by atoms with Crippen LogP contribution in [0.4, 0.5) is 11.5 Å². The van der Waals surface area contributed by atoms with Gasteiger partial charge >= 0.3 is 0 Å². The Morgan fingerprint density at radius 1 is 1.35 bits per heavy atom. The van der Waals surface area contributed by atoms with Gasteiger partial charge in [0, 0.05) is 5.92 Å². The lowest BCUT2D eigenvalue weighted by Gasteiger charge is -2.07. The first-order valence-corrected chi connectivity index (χ1v) is 6.73. The maximum absolute atomic E-state index is 12.2. The fourth-order valence-corrected chi connectivity index (χ4v) is 2.49. The van der Waals surface area contributed by atoms with Crippen molar-refractivity contribution in [1.29, 1.82) is 0 Å². The number of benzene rings is 1. The molecule has 2 atom stereocenters. The molecule has 2 aromatic rings. The number of amides is 1. The summed E-state index contributed by atoms with van der Waals surface area (Å²) in [6.07, 6.45) is 2.47. The van der Waals surface area contributed by atoms with E-state index < -0.39 is 0 Å². The number of nitrogens with one attached hydrogen (secondary N) is 1. The number of hydrogen-bond donors (Lipinski definition) is 2. The number of anilines is 2. The molecule has 0 bridgehead atoms. The first-order chi connectivity index (χ1) is 9.65. The number of carbonyl (C=O) groups excluding carboxylic acids is 1. The van der Waals surface area contributed by atoms with Crippen LogP contribution < -0.4 is 11.1 Å². The maximum atomic E-state index is 12.2. The van der Waals surface area contributed by atoms with E-state index in [9.17, 15) is 4.79 Å². The van der Waals surface area contributed by atoms with Crippen molar-refractivity contribution in [3.63, 3.8) is 0 Å². The molecule has 0 radical (unpaired) electrons. The molecular weight excluding hydrogens is 250 g/mol. The van der Waals surface area contributed by atoms with E-state index in [1.165, 1.54) is 5.56 Å². The molecular formula is C16H17N3O. The molecule has 1 aromatic heterocycles. The molecule has 3 N–H and O–H groups in total. The molecule has 1 amide bonds. The van der Waals surface area contributed by atoms with E-state index in [0.29, 0.717) is 17.4 Å². The summed E-state index contributed by atoms with van der Waals surface area (Å²) in [5.41, 5.74) is 8.37. The number of carbonyl (C=O) groups is 1. The van der Waals surface area contributed by atoms with E-state index in [4.69, 9.17) is 5.73 Å². The average molecular weight is 267 g/mol. The zero-order valence-corrected chi connectivity index (χ0v) is 11.3. The summed E-state index contributed by atoms with van der Waals surface area (Å²) in [7, 11) is 0. The number of nitrogens with zero attached hydrogens (tertiary/aromatic N) is 1. The Morgan fingerprint density at radius 2 is 2.10 bits per heavy atom. The van der Waals surface area contributed by atoms with Gasteiger partial charge in [-0.25, -0.2) is 4.98 Å². The zero-order chi connectivity index (χ0) is 14.1. The van der Waals surface area contributed by atoms with Gasteiger partial charge in [-0.1, -0.05) is 30.3 Å². The van der Waals surface area contributed by atoms with Gasteiger partial charge in [-0.2, -0.15) is 0 Å². The van der Waals surface area contributed by atoms with Gasteiger partial charge in [0.05, 0.1) is 11.9 Å². The molecule has 1 saturated carbocycles. The molecule has 0 spiro atoms. The van der Waals surface area contributed by atoms with E-state index in [2.05, 4.69) is 22.4 Å². The highest BCUT2D eigenvalue weighted by Gasteiger charge is 2.43. The summed E-state index contributed by atoms with van der Waals surface area (Å²) >= 11 is 0. The smallest absolute Gasteiger partial charge is 0.229 e. The lowest BCUT2D eigenvalue weighted by molar-refractivity contribution is -0.117. The SMILES string of the molecule is Cc1cc(N)cnc1NC(=O)C1CC1c1ccccc1. The van der Waals surface area contributed by atoms with Crippen molar-refractivity contribution in [3.8, 4) is 0 Å². The first kappa shape index (κ1) is 12.7. The first-order valence-electron chi connectivity index (χ1n) is 6.73. The molecule has 4 nitrogen and oxygen atoms in total. The lowest BCUT2D eigenvalue weighted by Crippen LogP contribution is -2.16. The topological polar surface area (TPSA) is 68.0 Å². The van der Waals surface area contributed by atoms with Crippen LogP contribution in [0.25, 0.3) is 0 Å². The molecule has 3 rings (SSSR count). The third kappa shape index (κ3) is 2.50. The Labute approximate surface area is 118 Å². The van der Waals surface area contributed by atoms with Crippen molar-refractivity contribution in [1.82, 2.24) is 4.98 Å². The molecule has 0 saturated heterocycles. The Balaban J connectivity index is 1.67. The van der Waals surface area contributed by atoms with Crippen LogP contribution in [0, 0.1) is 12.8 Å². The molecule has 1 heterocycles. The number of nitrogen functional groups attached to an aromatic ring is 1. The highest BCUT2D eigenvalue weighted by molar-refractivity contribution is 5.95.